The van der Waals surface area contributed by atoms with Crippen molar-refractivity contribution in [2.75, 3.05) is 19.8 Å². The minimum absolute atomic E-state index is 0.00529. The third-order valence-corrected chi connectivity index (χ3v) is 2.88. The van der Waals surface area contributed by atoms with Crippen molar-refractivity contribution in [1.82, 2.24) is 4.90 Å². The molecule has 0 unspecified atom stereocenters. The van der Waals surface area contributed by atoms with Gasteiger partial charge < -0.3 is 14.3 Å². The van der Waals surface area contributed by atoms with E-state index < -0.39 is 28.8 Å². The molecule has 0 radical (unpaired) electrons. The van der Waals surface area contributed by atoms with Gasteiger partial charge in [-0.3, -0.25) is 4.90 Å². The van der Waals surface area contributed by atoms with E-state index in [4.69, 9.17) is 9.47 Å². The number of hydrogen-bond donors (Lipinski definition) is 0. The van der Waals surface area contributed by atoms with Gasteiger partial charge in [-0.25, -0.2) is 9.59 Å². The third-order valence-electron chi connectivity index (χ3n) is 2.88. The van der Waals surface area contributed by atoms with Gasteiger partial charge in [-0.2, -0.15) is 0 Å². The molecule has 1 rings (SSSR count). The van der Waals surface area contributed by atoms with E-state index in [0.29, 0.717) is 19.4 Å². The maximum atomic E-state index is 12.0. The number of likely N-dealkylation sites (tertiary alicyclic amines) is 1. The van der Waals surface area contributed by atoms with E-state index in [1.165, 1.54) is 4.90 Å². The van der Waals surface area contributed by atoms with Gasteiger partial charge in [0.1, 0.15) is 11.6 Å². The summed E-state index contributed by atoms with van der Waals surface area (Å²) in [4.78, 5) is 39.4. The monoisotopic (exact) mass is 318 g/mol. The van der Waals surface area contributed by atoms with E-state index >= 15 is 0 Å². The highest BCUT2D eigenvalue weighted by Gasteiger charge is 2.37. The van der Waals surface area contributed by atoms with Crippen molar-refractivity contribution in [3.05, 3.63) is 10.1 Å². The Morgan fingerprint density at radius 1 is 1.32 bits per heavy atom. The molecule has 0 aliphatic carbocycles. The smallest absolute Gasteiger partial charge is 0.411 e. The van der Waals surface area contributed by atoms with E-state index in [0.717, 1.165) is 0 Å². The number of amides is 1. The molecule has 0 aromatic heterocycles. The highest BCUT2D eigenvalue weighted by Crippen LogP contribution is 2.21. The summed E-state index contributed by atoms with van der Waals surface area (Å²) in [6.45, 7) is 5.57. The SMILES string of the molecule is CC(C)(C)OC(=O)N1CCC[C@H]1C(=O)OCCCO[N+](=O)[O-]. The summed E-state index contributed by atoms with van der Waals surface area (Å²) in [5, 5.41) is 9.06. The molecule has 1 aliphatic rings. The molecule has 1 aliphatic heterocycles. The Kier molecular flexibility index (Phi) is 6.39. The van der Waals surface area contributed by atoms with Crippen LogP contribution >= 0.6 is 0 Å². The second kappa shape index (κ2) is 7.81. The number of carbonyl (C=O) groups excluding carboxylic acids is 2. The van der Waals surface area contributed by atoms with Crippen LogP contribution in [0.5, 0.6) is 0 Å². The first kappa shape index (κ1) is 18.0. The van der Waals surface area contributed by atoms with Gasteiger partial charge in [0.2, 0.25) is 0 Å². The summed E-state index contributed by atoms with van der Waals surface area (Å²) in [6, 6.07) is -0.661. The largest absolute Gasteiger partial charge is 0.464 e. The van der Waals surface area contributed by atoms with E-state index in [2.05, 4.69) is 4.84 Å². The molecule has 0 saturated carbocycles. The summed E-state index contributed by atoms with van der Waals surface area (Å²) >= 11 is 0. The summed E-state index contributed by atoms with van der Waals surface area (Å²) in [5.74, 6) is -0.524. The second-order valence-corrected chi connectivity index (χ2v) is 5.91. The van der Waals surface area contributed by atoms with Crippen LogP contribution in [-0.2, 0) is 19.1 Å². The summed E-state index contributed by atoms with van der Waals surface area (Å²) in [5.41, 5.74) is -0.631. The Hall–Kier alpha value is -2.06. The maximum Gasteiger partial charge on any atom is 0.411 e. The van der Waals surface area contributed by atoms with Crippen molar-refractivity contribution >= 4 is 12.1 Å². The van der Waals surface area contributed by atoms with Gasteiger partial charge in [0, 0.05) is 13.0 Å². The molecule has 0 N–H and O–H groups in total. The normalized spacial score (nSPS) is 18.0. The number of ether oxygens (including phenoxy) is 2. The van der Waals surface area contributed by atoms with Crippen LogP contribution in [0.25, 0.3) is 0 Å². The zero-order chi connectivity index (χ0) is 16.8. The second-order valence-electron chi connectivity index (χ2n) is 5.91. The van der Waals surface area contributed by atoms with E-state index in [9.17, 15) is 19.7 Å². The average molecular weight is 318 g/mol. The lowest BCUT2D eigenvalue weighted by molar-refractivity contribution is -0.757. The Balaban J connectivity index is 2.40. The van der Waals surface area contributed by atoms with E-state index in [1.807, 2.05) is 0 Å². The summed E-state index contributed by atoms with van der Waals surface area (Å²) in [7, 11) is 0. The van der Waals surface area contributed by atoms with E-state index in [-0.39, 0.29) is 19.6 Å². The van der Waals surface area contributed by atoms with Crippen LogP contribution in [0.15, 0.2) is 0 Å². The van der Waals surface area contributed by atoms with Crippen LogP contribution in [0, 0.1) is 10.1 Å². The van der Waals surface area contributed by atoms with Crippen LogP contribution in [-0.4, -0.2) is 53.5 Å². The van der Waals surface area contributed by atoms with Crippen molar-refractivity contribution in [1.29, 1.82) is 0 Å². The summed E-state index contributed by atoms with van der Waals surface area (Å²) < 4.78 is 10.3. The highest BCUT2D eigenvalue weighted by atomic mass is 16.9. The zero-order valence-electron chi connectivity index (χ0n) is 13.1. The van der Waals surface area contributed by atoms with Crippen LogP contribution < -0.4 is 0 Å². The minimum Gasteiger partial charge on any atom is -0.464 e. The molecule has 126 valence electrons. The Labute approximate surface area is 128 Å². The molecule has 0 aromatic rings. The van der Waals surface area contributed by atoms with Crippen molar-refractivity contribution in [2.24, 2.45) is 0 Å². The molecule has 0 bridgehead atoms. The van der Waals surface area contributed by atoms with Gasteiger partial charge in [0.25, 0.3) is 5.09 Å². The molecule has 1 heterocycles. The lowest BCUT2D eigenvalue weighted by Gasteiger charge is -2.27. The van der Waals surface area contributed by atoms with Crippen LogP contribution in [0.1, 0.15) is 40.0 Å². The van der Waals surface area contributed by atoms with Gasteiger partial charge in [-0.05, 0) is 33.6 Å². The zero-order valence-corrected chi connectivity index (χ0v) is 13.1. The standard InChI is InChI=1S/C13H22N2O7/c1-13(2,3)22-12(17)14-7-4-6-10(14)11(16)20-8-5-9-21-15(18)19/h10H,4-9H2,1-3H3/t10-/m0/s1. The average Bonchev–Trinajstić information content (AvgIpc) is 2.84. The topological polar surface area (TPSA) is 108 Å². The summed E-state index contributed by atoms with van der Waals surface area (Å²) in [6.07, 6.45) is 0.891. The van der Waals surface area contributed by atoms with Crippen molar-refractivity contribution in [3.63, 3.8) is 0 Å². The molecule has 0 spiro atoms. The first-order valence-corrected chi connectivity index (χ1v) is 7.14. The van der Waals surface area contributed by atoms with Crippen molar-refractivity contribution in [3.8, 4) is 0 Å². The van der Waals surface area contributed by atoms with Crippen LogP contribution in [0.2, 0.25) is 0 Å². The fourth-order valence-electron chi connectivity index (χ4n) is 2.02. The minimum atomic E-state index is -0.900. The van der Waals surface area contributed by atoms with Crippen LogP contribution in [0.3, 0.4) is 0 Å². The van der Waals surface area contributed by atoms with Gasteiger partial charge >= 0.3 is 12.1 Å². The molecule has 1 amide bonds. The Morgan fingerprint density at radius 2 is 2.00 bits per heavy atom. The Morgan fingerprint density at radius 3 is 2.59 bits per heavy atom. The molecule has 9 nitrogen and oxygen atoms in total. The number of rotatable bonds is 6. The van der Waals surface area contributed by atoms with Crippen LogP contribution in [0.4, 0.5) is 4.79 Å². The number of hydrogen-bond acceptors (Lipinski definition) is 7. The lowest BCUT2D eigenvalue weighted by Crippen LogP contribution is -2.44. The predicted molar refractivity (Wildman–Crippen MR) is 74.5 cm³/mol. The maximum absolute atomic E-state index is 12.0. The van der Waals surface area contributed by atoms with Gasteiger partial charge in [0.15, 0.2) is 0 Å². The number of carbonyl (C=O) groups is 2. The predicted octanol–water partition coefficient (Wildman–Crippen LogP) is 1.53. The molecular formula is C13H22N2O7. The van der Waals surface area contributed by atoms with Gasteiger partial charge in [-0.15, -0.1) is 10.1 Å². The first-order valence-electron chi connectivity index (χ1n) is 7.14. The lowest BCUT2D eigenvalue weighted by atomic mass is 10.2. The fourth-order valence-corrected chi connectivity index (χ4v) is 2.02. The molecule has 1 atom stereocenters. The molecule has 1 fully saturated rings. The quantitative estimate of drug-likeness (QED) is 0.316. The van der Waals surface area contributed by atoms with Gasteiger partial charge in [0.05, 0.1) is 13.2 Å². The van der Waals surface area contributed by atoms with E-state index in [1.54, 1.807) is 20.8 Å². The van der Waals surface area contributed by atoms with Gasteiger partial charge in [-0.1, -0.05) is 0 Å². The Bertz CT molecular complexity index is 419. The molecule has 1 saturated heterocycles. The first-order chi connectivity index (χ1) is 10.2. The highest BCUT2D eigenvalue weighted by molar-refractivity contribution is 5.82. The fraction of sp³-hybridized carbons (Fsp3) is 0.846. The molecular weight excluding hydrogens is 296 g/mol. The number of nitrogens with zero attached hydrogens (tertiary/aromatic N) is 2. The molecule has 0 aromatic carbocycles. The third kappa shape index (κ3) is 6.15. The van der Waals surface area contributed by atoms with Crippen molar-refractivity contribution in [2.45, 2.75) is 51.7 Å². The molecule has 9 heteroatoms. The molecule has 22 heavy (non-hydrogen) atoms. The number of esters is 1. The van der Waals surface area contributed by atoms with Crippen molar-refractivity contribution < 1.29 is 29.0 Å².